The van der Waals surface area contributed by atoms with Gasteiger partial charge in [0.15, 0.2) is 0 Å². The number of carbonyl (C=O) groups is 2. The van der Waals surface area contributed by atoms with Gasteiger partial charge in [-0.05, 0) is 43.4 Å². The van der Waals surface area contributed by atoms with Gasteiger partial charge in [-0.25, -0.2) is 4.79 Å². The van der Waals surface area contributed by atoms with Crippen LogP contribution in [0.5, 0.6) is 0 Å². The number of benzene rings is 1. The fraction of sp³-hybridized carbons (Fsp3) is 0.619. The lowest BCUT2D eigenvalue weighted by Crippen LogP contribution is -2.53. The molecule has 2 saturated heterocycles. The van der Waals surface area contributed by atoms with Gasteiger partial charge in [-0.2, -0.15) is 0 Å². The molecule has 6 nitrogen and oxygen atoms in total. The van der Waals surface area contributed by atoms with Crippen LogP contribution in [0.25, 0.3) is 0 Å². The van der Waals surface area contributed by atoms with E-state index in [9.17, 15) is 9.59 Å². The molecule has 2 aliphatic heterocycles. The highest BCUT2D eigenvalue weighted by Gasteiger charge is 2.49. The molecule has 1 N–H and O–H groups in total. The quantitative estimate of drug-likeness (QED) is 0.885. The van der Waals surface area contributed by atoms with Crippen molar-refractivity contribution in [3.8, 4) is 0 Å². The predicted molar refractivity (Wildman–Crippen MR) is 106 cm³/mol. The predicted octanol–water partition coefficient (Wildman–Crippen LogP) is 3.13. The summed E-state index contributed by atoms with van der Waals surface area (Å²) >= 11 is 0. The van der Waals surface area contributed by atoms with Crippen LogP contribution in [0.15, 0.2) is 24.3 Å². The number of anilines is 1. The van der Waals surface area contributed by atoms with E-state index >= 15 is 0 Å². The van der Waals surface area contributed by atoms with E-state index in [1.165, 1.54) is 5.56 Å². The second kappa shape index (κ2) is 7.89. The molecular formula is C21H31N3O3. The van der Waals surface area contributed by atoms with Crippen LogP contribution >= 0.6 is 0 Å². The normalized spacial score (nSPS) is 27.6. The number of piperidine rings is 1. The summed E-state index contributed by atoms with van der Waals surface area (Å²) in [7, 11) is 3.53. The van der Waals surface area contributed by atoms with Crippen LogP contribution in [0.4, 0.5) is 10.5 Å². The fourth-order valence-corrected chi connectivity index (χ4v) is 4.15. The number of urea groups is 1. The van der Waals surface area contributed by atoms with Gasteiger partial charge in [0, 0.05) is 38.8 Å². The Morgan fingerprint density at radius 2 is 1.96 bits per heavy atom. The van der Waals surface area contributed by atoms with E-state index in [1.807, 2.05) is 29.2 Å². The van der Waals surface area contributed by atoms with Crippen LogP contribution in [0.3, 0.4) is 0 Å². The van der Waals surface area contributed by atoms with Crippen LogP contribution < -0.4 is 5.32 Å². The molecule has 2 heterocycles. The van der Waals surface area contributed by atoms with Crippen LogP contribution in [0.2, 0.25) is 0 Å². The summed E-state index contributed by atoms with van der Waals surface area (Å²) in [6, 6.07) is 7.90. The maximum Gasteiger partial charge on any atom is 0.321 e. The Morgan fingerprint density at radius 1 is 1.26 bits per heavy atom. The zero-order chi connectivity index (χ0) is 19.6. The number of likely N-dealkylation sites (N-methyl/N-ethyl adjacent to an activating group) is 1. The van der Waals surface area contributed by atoms with E-state index in [2.05, 4.69) is 19.2 Å². The molecule has 1 aromatic rings. The van der Waals surface area contributed by atoms with Gasteiger partial charge < -0.3 is 19.9 Å². The molecule has 0 radical (unpaired) electrons. The molecular weight excluding hydrogens is 342 g/mol. The van der Waals surface area contributed by atoms with Crippen LogP contribution in [-0.2, 0) is 16.0 Å². The molecule has 0 aromatic heterocycles. The first-order valence-electron chi connectivity index (χ1n) is 9.88. The van der Waals surface area contributed by atoms with E-state index in [0.717, 1.165) is 31.4 Å². The van der Waals surface area contributed by atoms with Crippen molar-refractivity contribution in [2.75, 3.05) is 32.5 Å². The van der Waals surface area contributed by atoms with Crippen molar-refractivity contribution in [2.45, 2.75) is 51.2 Å². The molecule has 0 aliphatic carbocycles. The van der Waals surface area contributed by atoms with Crippen molar-refractivity contribution in [2.24, 2.45) is 5.92 Å². The SMILES string of the molecule is CCc1ccc(NC(=O)N2CC[C@]3(CCC(C(=O)N(C)C)O3)[C@@H](C)C2)cc1. The maximum atomic E-state index is 12.6. The van der Waals surface area contributed by atoms with E-state index in [0.29, 0.717) is 13.1 Å². The van der Waals surface area contributed by atoms with Gasteiger partial charge in [0.1, 0.15) is 6.10 Å². The Bertz CT molecular complexity index is 688. The van der Waals surface area contributed by atoms with Crippen molar-refractivity contribution in [3.05, 3.63) is 29.8 Å². The number of nitrogens with zero attached hydrogens (tertiary/aromatic N) is 2. The molecule has 2 fully saturated rings. The number of rotatable bonds is 3. The summed E-state index contributed by atoms with van der Waals surface area (Å²) in [5.41, 5.74) is 1.79. The lowest BCUT2D eigenvalue weighted by Gasteiger charge is -2.44. The minimum Gasteiger partial charge on any atom is -0.362 e. The Labute approximate surface area is 161 Å². The standard InChI is InChI=1S/C21H31N3O3/c1-5-16-6-8-17(9-7-16)22-20(26)24-13-12-21(15(2)14-24)11-10-18(27-21)19(25)23(3)4/h6-9,15,18H,5,10-14H2,1-4H3,(H,22,26)/t15-,18?,21+/m0/s1. The van der Waals surface area contributed by atoms with Crippen LogP contribution in [0, 0.1) is 5.92 Å². The number of amides is 3. The molecule has 3 rings (SSSR count). The van der Waals surface area contributed by atoms with Crippen molar-refractivity contribution >= 4 is 17.6 Å². The number of ether oxygens (including phenoxy) is 1. The number of nitrogens with one attached hydrogen (secondary N) is 1. The van der Waals surface area contributed by atoms with E-state index in [1.54, 1.807) is 19.0 Å². The third kappa shape index (κ3) is 4.10. The van der Waals surface area contributed by atoms with Crippen LogP contribution in [-0.4, -0.2) is 60.6 Å². The van der Waals surface area contributed by atoms with Crippen LogP contribution in [0.1, 0.15) is 38.7 Å². The minimum atomic E-state index is -0.347. The first kappa shape index (κ1) is 19.7. The monoisotopic (exact) mass is 373 g/mol. The molecule has 148 valence electrons. The van der Waals surface area contributed by atoms with Crippen molar-refractivity contribution < 1.29 is 14.3 Å². The highest BCUT2D eigenvalue weighted by Crippen LogP contribution is 2.42. The van der Waals surface area contributed by atoms with Gasteiger partial charge in [0.05, 0.1) is 5.60 Å². The van der Waals surface area contributed by atoms with E-state index in [-0.39, 0.29) is 29.6 Å². The summed E-state index contributed by atoms with van der Waals surface area (Å²) in [5.74, 6) is 0.231. The van der Waals surface area contributed by atoms with Crippen molar-refractivity contribution in [3.63, 3.8) is 0 Å². The molecule has 3 amide bonds. The number of aryl methyl sites for hydroxylation is 1. The van der Waals surface area contributed by atoms with Gasteiger partial charge in [0.25, 0.3) is 5.91 Å². The second-order valence-corrected chi connectivity index (χ2v) is 8.02. The highest BCUT2D eigenvalue weighted by atomic mass is 16.5. The Hall–Kier alpha value is -2.08. The van der Waals surface area contributed by atoms with Gasteiger partial charge >= 0.3 is 6.03 Å². The summed E-state index contributed by atoms with van der Waals surface area (Å²) in [4.78, 5) is 28.3. The minimum absolute atomic E-state index is 0.0368. The fourth-order valence-electron chi connectivity index (χ4n) is 4.15. The molecule has 1 aromatic carbocycles. The summed E-state index contributed by atoms with van der Waals surface area (Å²) in [6.45, 7) is 5.52. The van der Waals surface area contributed by atoms with E-state index in [4.69, 9.17) is 4.74 Å². The maximum absolute atomic E-state index is 12.6. The Balaban J connectivity index is 1.58. The topological polar surface area (TPSA) is 61.9 Å². The van der Waals surface area contributed by atoms with Crippen molar-refractivity contribution in [1.82, 2.24) is 9.80 Å². The molecule has 1 unspecified atom stereocenters. The average Bonchev–Trinajstić information content (AvgIpc) is 3.09. The first-order chi connectivity index (χ1) is 12.8. The van der Waals surface area contributed by atoms with E-state index < -0.39 is 0 Å². The van der Waals surface area contributed by atoms with Gasteiger partial charge in [-0.1, -0.05) is 26.0 Å². The zero-order valence-electron chi connectivity index (χ0n) is 16.8. The first-order valence-corrected chi connectivity index (χ1v) is 9.88. The number of carbonyl (C=O) groups excluding carboxylic acids is 2. The lowest BCUT2D eigenvalue weighted by atomic mass is 9.80. The molecule has 0 bridgehead atoms. The summed E-state index contributed by atoms with van der Waals surface area (Å²) in [6.07, 6.45) is 3.05. The molecule has 1 spiro atoms. The smallest absolute Gasteiger partial charge is 0.321 e. The zero-order valence-corrected chi connectivity index (χ0v) is 16.8. The molecule has 27 heavy (non-hydrogen) atoms. The van der Waals surface area contributed by atoms with Gasteiger partial charge in [0.2, 0.25) is 0 Å². The van der Waals surface area contributed by atoms with Crippen molar-refractivity contribution in [1.29, 1.82) is 0 Å². The molecule has 3 atom stereocenters. The summed E-state index contributed by atoms with van der Waals surface area (Å²) in [5, 5.41) is 2.99. The Morgan fingerprint density at radius 3 is 2.56 bits per heavy atom. The Kier molecular flexibility index (Phi) is 5.75. The van der Waals surface area contributed by atoms with Gasteiger partial charge in [-0.15, -0.1) is 0 Å². The third-order valence-electron chi connectivity index (χ3n) is 6.02. The summed E-state index contributed by atoms with van der Waals surface area (Å²) < 4.78 is 6.25. The molecule has 0 saturated carbocycles. The highest BCUT2D eigenvalue weighted by molar-refractivity contribution is 5.89. The second-order valence-electron chi connectivity index (χ2n) is 8.02. The number of hydrogen-bond donors (Lipinski definition) is 1. The van der Waals surface area contributed by atoms with Gasteiger partial charge in [-0.3, -0.25) is 4.79 Å². The largest absolute Gasteiger partial charge is 0.362 e. The number of likely N-dealkylation sites (tertiary alicyclic amines) is 1. The third-order valence-corrected chi connectivity index (χ3v) is 6.02. The average molecular weight is 373 g/mol. The molecule has 6 heteroatoms. The number of hydrogen-bond acceptors (Lipinski definition) is 3. The molecule has 2 aliphatic rings. The lowest BCUT2D eigenvalue weighted by molar-refractivity contribution is -0.153.